The second-order valence-electron chi connectivity index (χ2n) is 4.64. The number of carbonyl (C=O) groups is 1. The van der Waals surface area contributed by atoms with Crippen molar-refractivity contribution in [1.82, 2.24) is 0 Å². The molecule has 0 unspecified atom stereocenters. The van der Waals surface area contributed by atoms with Crippen LogP contribution in [0.2, 0.25) is 5.02 Å². The summed E-state index contributed by atoms with van der Waals surface area (Å²) in [6.07, 6.45) is 0.953. The molecule has 2 nitrogen and oxygen atoms in total. The van der Waals surface area contributed by atoms with E-state index in [0.717, 1.165) is 11.8 Å². The molecular weight excluding hydrogens is 272 g/mol. The van der Waals surface area contributed by atoms with Gasteiger partial charge in [0.2, 0.25) is 5.78 Å². The van der Waals surface area contributed by atoms with Crippen molar-refractivity contribution in [3.05, 3.63) is 70.4 Å². The lowest BCUT2D eigenvalue weighted by Gasteiger charge is -1.99. The molecule has 0 fully saturated rings. The molecule has 0 atom stereocenters. The molecule has 0 saturated carbocycles. The topological polar surface area (TPSA) is 30.2 Å². The molecule has 3 aromatic rings. The predicted octanol–water partition coefficient (Wildman–Crippen LogP) is 4.88. The van der Waals surface area contributed by atoms with Crippen molar-refractivity contribution in [2.45, 2.75) is 13.3 Å². The third-order valence-electron chi connectivity index (χ3n) is 3.36. The summed E-state index contributed by atoms with van der Waals surface area (Å²) in [4.78, 5) is 12.4. The molecule has 2 aromatic carbocycles. The van der Waals surface area contributed by atoms with Gasteiger partial charge in [0, 0.05) is 10.9 Å². The van der Waals surface area contributed by atoms with Crippen molar-refractivity contribution >= 4 is 28.4 Å². The smallest absolute Gasteiger partial charge is 0.228 e. The van der Waals surface area contributed by atoms with E-state index in [1.807, 2.05) is 24.3 Å². The molecule has 0 aliphatic heterocycles. The van der Waals surface area contributed by atoms with Gasteiger partial charge in [-0.15, -0.1) is 0 Å². The monoisotopic (exact) mass is 284 g/mol. The average Bonchev–Trinajstić information content (AvgIpc) is 2.92. The summed E-state index contributed by atoms with van der Waals surface area (Å²) in [5, 5.41) is 1.36. The van der Waals surface area contributed by atoms with Gasteiger partial charge in [-0.05, 0) is 30.2 Å². The third kappa shape index (κ3) is 2.23. The Hall–Kier alpha value is -2.06. The quantitative estimate of drug-likeness (QED) is 0.642. The summed E-state index contributed by atoms with van der Waals surface area (Å²) in [5.41, 5.74) is 2.46. The van der Waals surface area contributed by atoms with Crippen molar-refractivity contribution in [2.24, 2.45) is 0 Å². The molecule has 0 radical (unpaired) electrons. The van der Waals surface area contributed by atoms with Crippen LogP contribution < -0.4 is 0 Å². The summed E-state index contributed by atoms with van der Waals surface area (Å²) in [5.74, 6) is 0.192. The van der Waals surface area contributed by atoms with Crippen molar-refractivity contribution in [2.75, 3.05) is 0 Å². The Balaban J connectivity index is 2.01. The lowest BCUT2D eigenvalue weighted by molar-refractivity contribution is 0.101. The number of furan rings is 1. The minimum Gasteiger partial charge on any atom is -0.453 e. The maximum atomic E-state index is 12.4. The first kappa shape index (κ1) is 12.9. The van der Waals surface area contributed by atoms with Crippen LogP contribution in [0.4, 0.5) is 0 Å². The van der Waals surface area contributed by atoms with Crippen LogP contribution >= 0.6 is 11.6 Å². The number of aryl methyl sites for hydroxylation is 1. The first-order chi connectivity index (χ1) is 9.69. The molecule has 0 saturated heterocycles. The highest BCUT2D eigenvalue weighted by molar-refractivity contribution is 6.35. The van der Waals surface area contributed by atoms with Crippen LogP contribution in [0.15, 0.2) is 52.9 Å². The van der Waals surface area contributed by atoms with E-state index in [1.54, 1.807) is 24.3 Å². The van der Waals surface area contributed by atoms with E-state index in [2.05, 4.69) is 6.92 Å². The Bertz CT molecular complexity index is 769. The molecule has 0 aliphatic rings. The van der Waals surface area contributed by atoms with Crippen molar-refractivity contribution in [3.8, 4) is 0 Å². The van der Waals surface area contributed by atoms with E-state index in [4.69, 9.17) is 16.0 Å². The largest absolute Gasteiger partial charge is 0.453 e. The molecule has 0 aliphatic carbocycles. The van der Waals surface area contributed by atoms with Crippen LogP contribution in [-0.4, -0.2) is 5.78 Å². The SMILES string of the molecule is CCc1ccc(C(=O)c2cc3c(Cl)cccc3o2)cc1. The summed E-state index contributed by atoms with van der Waals surface area (Å²) in [7, 11) is 0. The first-order valence-corrected chi connectivity index (χ1v) is 6.88. The van der Waals surface area contributed by atoms with Crippen LogP contribution in [0, 0.1) is 0 Å². The molecule has 0 bridgehead atoms. The van der Waals surface area contributed by atoms with Crippen LogP contribution in [0.25, 0.3) is 11.0 Å². The lowest BCUT2D eigenvalue weighted by atomic mass is 10.1. The molecule has 1 heterocycles. The Morgan fingerprint density at radius 3 is 2.55 bits per heavy atom. The van der Waals surface area contributed by atoms with Gasteiger partial charge in [-0.2, -0.15) is 0 Å². The second kappa shape index (κ2) is 5.14. The van der Waals surface area contributed by atoms with Gasteiger partial charge in [0.25, 0.3) is 0 Å². The molecule has 0 spiro atoms. The Morgan fingerprint density at radius 2 is 1.90 bits per heavy atom. The fourth-order valence-electron chi connectivity index (χ4n) is 2.17. The van der Waals surface area contributed by atoms with Crippen LogP contribution in [-0.2, 0) is 6.42 Å². The normalized spacial score (nSPS) is 10.9. The lowest BCUT2D eigenvalue weighted by Crippen LogP contribution is -1.99. The van der Waals surface area contributed by atoms with Gasteiger partial charge < -0.3 is 4.42 Å². The van der Waals surface area contributed by atoms with Crippen molar-refractivity contribution < 1.29 is 9.21 Å². The number of rotatable bonds is 3. The van der Waals surface area contributed by atoms with E-state index < -0.39 is 0 Å². The molecule has 0 amide bonds. The number of carbonyl (C=O) groups excluding carboxylic acids is 1. The highest BCUT2D eigenvalue weighted by Gasteiger charge is 2.15. The highest BCUT2D eigenvalue weighted by atomic mass is 35.5. The summed E-state index contributed by atoms with van der Waals surface area (Å²) < 4.78 is 5.59. The summed E-state index contributed by atoms with van der Waals surface area (Å²) >= 11 is 6.09. The standard InChI is InChI=1S/C17H13ClO2/c1-2-11-6-8-12(9-7-11)17(19)16-10-13-14(18)4-3-5-15(13)20-16/h3-10H,2H2,1H3. The van der Waals surface area contributed by atoms with E-state index >= 15 is 0 Å². The van der Waals surface area contributed by atoms with E-state index in [1.165, 1.54) is 5.56 Å². The number of benzene rings is 2. The van der Waals surface area contributed by atoms with Gasteiger partial charge in [0.15, 0.2) is 5.76 Å². The fraction of sp³-hybridized carbons (Fsp3) is 0.118. The molecule has 100 valence electrons. The van der Waals surface area contributed by atoms with Crippen molar-refractivity contribution in [1.29, 1.82) is 0 Å². The molecular formula is C17H13ClO2. The molecule has 20 heavy (non-hydrogen) atoms. The Morgan fingerprint density at radius 1 is 1.15 bits per heavy atom. The maximum Gasteiger partial charge on any atom is 0.228 e. The zero-order valence-electron chi connectivity index (χ0n) is 11.0. The maximum absolute atomic E-state index is 12.4. The van der Waals surface area contributed by atoms with Crippen molar-refractivity contribution in [3.63, 3.8) is 0 Å². The Kier molecular flexibility index (Phi) is 3.33. The minimum atomic E-state index is -0.125. The summed E-state index contributed by atoms with van der Waals surface area (Å²) in [6, 6.07) is 14.7. The predicted molar refractivity (Wildman–Crippen MR) is 80.5 cm³/mol. The zero-order chi connectivity index (χ0) is 14.1. The van der Waals surface area contributed by atoms with E-state index in [-0.39, 0.29) is 5.78 Å². The van der Waals surface area contributed by atoms with E-state index in [0.29, 0.717) is 21.9 Å². The molecule has 1 aromatic heterocycles. The second-order valence-corrected chi connectivity index (χ2v) is 5.05. The average molecular weight is 285 g/mol. The van der Waals surface area contributed by atoms with Gasteiger partial charge >= 0.3 is 0 Å². The molecule has 0 N–H and O–H groups in total. The van der Waals surface area contributed by atoms with Gasteiger partial charge in [0.05, 0.1) is 5.02 Å². The fourth-order valence-corrected chi connectivity index (χ4v) is 2.39. The van der Waals surface area contributed by atoms with Crippen LogP contribution in [0.3, 0.4) is 0 Å². The van der Waals surface area contributed by atoms with Crippen LogP contribution in [0.5, 0.6) is 0 Å². The van der Waals surface area contributed by atoms with Gasteiger partial charge in [-0.25, -0.2) is 0 Å². The van der Waals surface area contributed by atoms with Crippen LogP contribution in [0.1, 0.15) is 28.6 Å². The number of fused-ring (bicyclic) bond motifs is 1. The number of ketones is 1. The van der Waals surface area contributed by atoms with Gasteiger partial charge in [-0.3, -0.25) is 4.79 Å². The zero-order valence-corrected chi connectivity index (χ0v) is 11.8. The number of hydrogen-bond acceptors (Lipinski definition) is 2. The summed E-state index contributed by atoms with van der Waals surface area (Å²) in [6.45, 7) is 2.08. The number of hydrogen-bond donors (Lipinski definition) is 0. The highest BCUT2D eigenvalue weighted by Crippen LogP contribution is 2.27. The van der Waals surface area contributed by atoms with Gasteiger partial charge in [0.1, 0.15) is 5.58 Å². The molecule has 3 rings (SSSR count). The first-order valence-electron chi connectivity index (χ1n) is 6.50. The molecule has 3 heteroatoms. The Labute approximate surface area is 122 Å². The van der Waals surface area contributed by atoms with Gasteiger partial charge in [-0.1, -0.05) is 48.9 Å². The minimum absolute atomic E-state index is 0.125. The number of halogens is 1. The third-order valence-corrected chi connectivity index (χ3v) is 3.69. The van der Waals surface area contributed by atoms with E-state index in [9.17, 15) is 4.79 Å².